The average Bonchev–Trinajstić information content (AvgIpc) is 3.51. The number of carbonyl (C=O) groups excluding carboxylic acids is 2. The number of hydrogen-bond acceptors (Lipinski definition) is 6. The Morgan fingerprint density at radius 3 is 2.47 bits per heavy atom. The van der Waals surface area contributed by atoms with E-state index >= 15 is 4.39 Å². The van der Waals surface area contributed by atoms with Crippen molar-refractivity contribution in [1.29, 1.82) is 0 Å². The number of nitrogens with zero attached hydrogens (tertiary/aromatic N) is 3. The molecule has 12 heteroatoms. The predicted octanol–water partition coefficient (Wildman–Crippen LogP) is 4.87. The second-order valence-corrected chi connectivity index (χ2v) is 9.51. The second kappa shape index (κ2) is 9.32. The van der Waals surface area contributed by atoms with Crippen LogP contribution in [0.15, 0.2) is 35.0 Å². The number of aromatic nitrogens is 3. The maximum absolute atomic E-state index is 15.2. The molecule has 2 heterocycles. The van der Waals surface area contributed by atoms with Gasteiger partial charge in [-0.25, -0.2) is 9.37 Å². The Labute approximate surface area is 203 Å². The molecule has 2 aromatic heterocycles. The molecule has 8 nitrogen and oxygen atoms in total. The zero-order valence-electron chi connectivity index (χ0n) is 19.7. The summed E-state index contributed by atoms with van der Waals surface area (Å²) < 4.78 is 61.8. The third-order valence-corrected chi connectivity index (χ3v) is 5.51. The van der Waals surface area contributed by atoms with Crippen LogP contribution in [0.2, 0.25) is 0 Å². The highest BCUT2D eigenvalue weighted by Gasteiger charge is 2.38. The first-order chi connectivity index (χ1) is 16.8. The van der Waals surface area contributed by atoms with Crippen LogP contribution >= 0.6 is 0 Å². The van der Waals surface area contributed by atoms with Crippen LogP contribution in [0.25, 0.3) is 11.1 Å². The van der Waals surface area contributed by atoms with Gasteiger partial charge in [-0.3, -0.25) is 9.59 Å². The van der Waals surface area contributed by atoms with Gasteiger partial charge in [-0.15, -0.1) is 0 Å². The molecule has 4 rings (SSSR count). The smallest absolute Gasteiger partial charge is 0.344 e. The van der Waals surface area contributed by atoms with Gasteiger partial charge >= 0.3 is 18.0 Å². The number of carbonyl (C=O) groups is 2. The first kappa shape index (κ1) is 25.3. The monoisotopic (exact) mass is 505 g/mol. The SMILES string of the molecule is CC(C)(C)c1noc(C(=O)NCc2ccc(-c3ccnc(NC(=O)C4CC4)c3)c(F)c2C(F)(F)F)n1. The standard InChI is InChI=1S/C24H23F4N5O3/c1-23(2,3)22-32-21(36-33-22)20(35)30-11-14-6-7-15(18(25)17(14)24(26,27)28)13-8-9-29-16(10-13)31-19(34)12-4-5-12/h6-10,12H,4-5,11H2,1-3H3,(H,30,35)(H,29,31,34). The lowest BCUT2D eigenvalue weighted by molar-refractivity contribution is -0.140. The first-order valence-corrected chi connectivity index (χ1v) is 11.1. The molecule has 0 bridgehead atoms. The lowest BCUT2D eigenvalue weighted by Crippen LogP contribution is -2.26. The summed E-state index contributed by atoms with van der Waals surface area (Å²) in [6, 6.07) is 4.91. The highest BCUT2D eigenvalue weighted by molar-refractivity contribution is 5.93. The van der Waals surface area contributed by atoms with E-state index in [1.54, 1.807) is 20.8 Å². The molecule has 1 aliphatic rings. The quantitative estimate of drug-likeness (QED) is 0.463. The summed E-state index contributed by atoms with van der Waals surface area (Å²) in [7, 11) is 0. The summed E-state index contributed by atoms with van der Waals surface area (Å²) >= 11 is 0. The molecule has 1 aliphatic carbocycles. The van der Waals surface area contributed by atoms with Gasteiger partial charge in [-0.1, -0.05) is 38.1 Å². The molecule has 1 saturated carbocycles. The van der Waals surface area contributed by atoms with Crippen LogP contribution in [-0.2, 0) is 22.9 Å². The fourth-order valence-electron chi connectivity index (χ4n) is 3.40. The van der Waals surface area contributed by atoms with Crippen LogP contribution in [0.4, 0.5) is 23.4 Å². The summed E-state index contributed by atoms with van der Waals surface area (Å²) in [5.74, 6) is -2.78. The van der Waals surface area contributed by atoms with Crippen molar-refractivity contribution in [3.63, 3.8) is 0 Å². The molecule has 0 atom stereocenters. The normalized spacial score (nSPS) is 14.0. The van der Waals surface area contributed by atoms with Crippen molar-refractivity contribution in [2.24, 2.45) is 5.92 Å². The Kier molecular flexibility index (Phi) is 6.54. The van der Waals surface area contributed by atoms with Gasteiger partial charge in [0, 0.05) is 29.6 Å². The molecule has 1 aromatic carbocycles. The van der Waals surface area contributed by atoms with Crippen LogP contribution in [0.3, 0.4) is 0 Å². The third-order valence-electron chi connectivity index (χ3n) is 5.51. The van der Waals surface area contributed by atoms with Crippen molar-refractivity contribution < 1.29 is 31.7 Å². The van der Waals surface area contributed by atoms with Gasteiger partial charge in [0.1, 0.15) is 11.6 Å². The van der Waals surface area contributed by atoms with E-state index in [0.717, 1.165) is 18.9 Å². The minimum absolute atomic E-state index is 0.106. The Morgan fingerprint density at radius 2 is 1.86 bits per heavy atom. The fourth-order valence-corrected chi connectivity index (χ4v) is 3.40. The maximum Gasteiger partial charge on any atom is 0.419 e. The van der Waals surface area contributed by atoms with Crippen LogP contribution < -0.4 is 10.6 Å². The van der Waals surface area contributed by atoms with Gasteiger partial charge in [0.2, 0.25) is 5.91 Å². The Hall–Kier alpha value is -3.83. The van der Waals surface area contributed by atoms with E-state index in [4.69, 9.17) is 4.52 Å². The van der Waals surface area contributed by atoms with Crippen molar-refractivity contribution in [2.75, 3.05) is 5.32 Å². The van der Waals surface area contributed by atoms with Gasteiger partial charge in [-0.05, 0) is 36.1 Å². The van der Waals surface area contributed by atoms with Crippen LogP contribution in [0, 0.1) is 11.7 Å². The third kappa shape index (κ3) is 5.52. The number of pyridine rings is 1. The van der Waals surface area contributed by atoms with Crippen LogP contribution in [0.1, 0.15) is 61.2 Å². The Balaban J connectivity index is 1.58. The molecule has 0 radical (unpaired) electrons. The number of nitrogens with one attached hydrogen (secondary N) is 2. The number of anilines is 1. The van der Waals surface area contributed by atoms with E-state index in [2.05, 4.69) is 25.8 Å². The van der Waals surface area contributed by atoms with E-state index in [9.17, 15) is 22.8 Å². The van der Waals surface area contributed by atoms with Crippen molar-refractivity contribution in [2.45, 2.75) is 51.7 Å². The molecule has 0 spiro atoms. The zero-order chi connectivity index (χ0) is 26.3. The average molecular weight is 505 g/mol. The lowest BCUT2D eigenvalue weighted by atomic mass is 9.96. The largest absolute Gasteiger partial charge is 0.419 e. The van der Waals surface area contributed by atoms with Crippen molar-refractivity contribution >= 4 is 17.6 Å². The number of hydrogen-bond donors (Lipinski definition) is 2. The highest BCUT2D eigenvalue weighted by Crippen LogP contribution is 2.38. The number of benzene rings is 1. The van der Waals surface area contributed by atoms with Gasteiger partial charge in [0.05, 0.1) is 5.56 Å². The second-order valence-electron chi connectivity index (χ2n) is 9.51. The van der Waals surface area contributed by atoms with E-state index in [-0.39, 0.29) is 34.6 Å². The molecule has 0 unspecified atom stereocenters. The highest BCUT2D eigenvalue weighted by atomic mass is 19.4. The maximum atomic E-state index is 15.2. The lowest BCUT2D eigenvalue weighted by Gasteiger charge is -2.17. The molecule has 1 fully saturated rings. The van der Waals surface area contributed by atoms with Gasteiger partial charge < -0.3 is 15.2 Å². The van der Waals surface area contributed by atoms with Crippen molar-refractivity contribution in [3.8, 4) is 11.1 Å². The molecule has 0 aliphatic heterocycles. The molecule has 0 saturated heterocycles. The molecular weight excluding hydrogens is 482 g/mol. The van der Waals surface area contributed by atoms with Gasteiger partial charge in [-0.2, -0.15) is 18.2 Å². The minimum Gasteiger partial charge on any atom is -0.344 e. The first-order valence-electron chi connectivity index (χ1n) is 11.1. The molecule has 2 N–H and O–H groups in total. The van der Waals surface area contributed by atoms with E-state index in [1.165, 1.54) is 24.4 Å². The van der Waals surface area contributed by atoms with Gasteiger partial charge in [0.25, 0.3) is 0 Å². The molecule has 190 valence electrons. The topological polar surface area (TPSA) is 110 Å². The molecule has 36 heavy (non-hydrogen) atoms. The number of amides is 2. The summed E-state index contributed by atoms with van der Waals surface area (Å²) in [5.41, 5.74) is -2.72. The van der Waals surface area contributed by atoms with E-state index < -0.39 is 46.9 Å². The van der Waals surface area contributed by atoms with E-state index in [1.807, 2.05) is 0 Å². The van der Waals surface area contributed by atoms with Crippen LogP contribution in [-0.4, -0.2) is 26.9 Å². The zero-order valence-corrected chi connectivity index (χ0v) is 19.7. The number of alkyl halides is 3. The summed E-state index contributed by atoms with van der Waals surface area (Å²) in [6.07, 6.45) is -2.25. The van der Waals surface area contributed by atoms with Gasteiger partial charge in [0.15, 0.2) is 5.82 Å². The fraction of sp³-hybridized carbons (Fsp3) is 0.375. The van der Waals surface area contributed by atoms with Crippen molar-refractivity contribution in [1.82, 2.24) is 20.4 Å². The summed E-state index contributed by atoms with van der Waals surface area (Å²) in [4.78, 5) is 32.3. The molecule has 2 amide bonds. The summed E-state index contributed by atoms with van der Waals surface area (Å²) in [5, 5.41) is 8.55. The summed E-state index contributed by atoms with van der Waals surface area (Å²) in [6.45, 7) is 4.77. The Bertz CT molecular complexity index is 1310. The number of rotatable bonds is 6. The molecule has 3 aromatic rings. The molecular formula is C24H23F4N5O3. The van der Waals surface area contributed by atoms with Crippen molar-refractivity contribution in [3.05, 3.63) is 59.1 Å². The Morgan fingerprint density at radius 1 is 1.14 bits per heavy atom. The van der Waals surface area contributed by atoms with Crippen LogP contribution in [0.5, 0.6) is 0 Å². The van der Waals surface area contributed by atoms with E-state index in [0.29, 0.717) is 0 Å². The minimum atomic E-state index is -5.04. The predicted molar refractivity (Wildman–Crippen MR) is 120 cm³/mol. The number of halogens is 4.